The summed E-state index contributed by atoms with van der Waals surface area (Å²) in [5, 5.41) is 2.92. The van der Waals surface area contributed by atoms with Crippen molar-refractivity contribution in [2.45, 2.75) is 57.5 Å². The van der Waals surface area contributed by atoms with Gasteiger partial charge in [0.15, 0.2) is 0 Å². The molecule has 2 rings (SSSR count). The molecular weight excluding hydrogens is 264 g/mol. The number of aromatic nitrogens is 1. The molecule has 4 nitrogen and oxygen atoms in total. The second kappa shape index (κ2) is 9.50. The molecule has 0 aromatic carbocycles. The highest BCUT2D eigenvalue weighted by molar-refractivity contribution is 5.76. The number of carbonyl (C=O) groups is 1. The SMILES string of the molecule is O=C(CCc1cccnc1)NCCOC1CCCCCC1. The molecule has 1 N–H and O–H groups in total. The van der Waals surface area contributed by atoms with E-state index in [4.69, 9.17) is 4.74 Å². The van der Waals surface area contributed by atoms with E-state index < -0.39 is 0 Å². The normalized spacial score (nSPS) is 16.4. The van der Waals surface area contributed by atoms with E-state index in [1.54, 1.807) is 6.20 Å². The summed E-state index contributed by atoms with van der Waals surface area (Å²) in [6.07, 6.45) is 12.8. The van der Waals surface area contributed by atoms with Crippen molar-refractivity contribution >= 4 is 5.91 Å². The fraction of sp³-hybridized carbons (Fsp3) is 0.647. The number of ether oxygens (including phenoxy) is 1. The lowest BCUT2D eigenvalue weighted by molar-refractivity contribution is -0.121. The van der Waals surface area contributed by atoms with Gasteiger partial charge >= 0.3 is 0 Å². The van der Waals surface area contributed by atoms with E-state index in [1.165, 1.54) is 38.5 Å². The number of nitrogens with zero attached hydrogens (tertiary/aromatic N) is 1. The predicted octanol–water partition coefficient (Wildman–Crippen LogP) is 2.87. The Morgan fingerprint density at radius 3 is 2.81 bits per heavy atom. The van der Waals surface area contributed by atoms with Crippen LogP contribution in [0.3, 0.4) is 0 Å². The van der Waals surface area contributed by atoms with Crippen LogP contribution in [0.2, 0.25) is 0 Å². The van der Waals surface area contributed by atoms with Crippen molar-refractivity contribution in [3.8, 4) is 0 Å². The maximum Gasteiger partial charge on any atom is 0.220 e. The van der Waals surface area contributed by atoms with Gasteiger partial charge in [0.2, 0.25) is 5.91 Å². The van der Waals surface area contributed by atoms with Crippen LogP contribution in [-0.4, -0.2) is 30.1 Å². The predicted molar refractivity (Wildman–Crippen MR) is 83.0 cm³/mol. The van der Waals surface area contributed by atoms with Gasteiger partial charge in [-0.05, 0) is 30.9 Å². The van der Waals surface area contributed by atoms with E-state index >= 15 is 0 Å². The molecule has 0 unspecified atom stereocenters. The molecule has 21 heavy (non-hydrogen) atoms. The number of hydrogen-bond acceptors (Lipinski definition) is 3. The third-order valence-corrected chi connectivity index (χ3v) is 3.94. The van der Waals surface area contributed by atoms with Crippen LogP contribution in [0.5, 0.6) is 0 Å². The Balaban J connectivity index is 1.52. The van der Waals surface area contributed by atoms with E-state index in [-0.39, 0.29) is 5.91 Å². The molecule has 4 heteroatoms. The van der Waals surface area contributed by atoms with Crippen LogP contribution in [0, 0.1) is 0 Å². The monoisotopic (exact) mass is 290 g/mol. The smallest absolute Gasteiger partial charge is 0.220 e. The molecule has 0 radical (unpaired) electrons. The molecule has 1 fully saturated rings. The van der Waals surface area contributed by atoms with Crippen molar-refractivity contribution in [3.63, 3.8) is 0 Å². The average molecular weight is 290 g/mol. The Kier molecular flexibility index (Phi) is 7.22. The molecule has 0 aliphatic heterocycles. The third-order valence-electron chi connectivity index (χ3n) is 3.94. The number of amides is 1. The first kappa shape index (κ1) is 16.0. The molecule has 0 bridgehead atoms. The van der Waals surface area contributed by atoms with Gasteiger partial charge in [0.25, 0.3) is 0 Å². The van der Waals surface area contributed by atoms with Gasteiger partial charge < -0.3 is 10.1 Å². The molecule has 0 atom stereocenters. The third kappa shape index (κ3) is 6.71. The van der Waals surface area contributed by atoms with Crippen LogP contribution in [-0.2, 0) is 16.0 Å². The minimum Gasteiger partial charge on any atom is -0.376 e. The van der Waals surface area contributed by atoms with Gasteiger partial charge in [-0.3, -0.25) is 9.78 Å². The van der Waals surface area contributed by atoms with Crippen molar-refractivity contribution < 1.29 is 9.53 Å². The number of hydrogen-bond donors (Lipinski definition) is 1. The van der Waals surface area contributed by atoms with E-state index in [0.717, 1.165) is 12.0 Å². The number of carbonyl (C=O) groups excluding carboxylic acids is 1. The van der Waals surface area contributed by atoms with Crippen LogP contribution in [0.25, 0.3) is 0 Å². The van der Waals surface area contributed by atoms with E-state index in [1.807, 2.05) is 18.3 Å². The van der Waals surface area contributed by atoms with Crippen LogP contribution in [0.15, 0.2) is 24.5 Å². The lowest BCUT2D eigenvalue weighted by atomic mass is 10.1. The molecule has 0 spiro atoms. The molecule has 1 amide bonds. The van der Waals surface area contributed by atoms with E-state index in [2.05, 4.69) is 10.3 Å². The quantitative estimate of drug-likeness (QED) is 0.620. The van der Waals surface area contributed by atoms with Crippen LogP contribution < -0.4 is 5.32 Å². The highest BCUT2D eigenvalue weighted by Crippen LogP contribution is 2.19. The molecule has 1 heterocycles. The summed E-state index contributed by atoms with van der Waals surface area (Å²) in [5.41, 5.74) is 1.10. The Bertz CT molecular complexity index is 401. The highest BCUT2D eigenvalue weighted by atomic mass is 16.5. The lowest BCUT2D eigenvalue weighted by Gasteiger charge is -2.15. The van der Waals surface area contributed by atoms with Gasteiger partial charge in [0, 0.05) is 25.4 Å². The first-order valence-corrected chi connectivity index (χ1v) is 8.12. The molecule has 1 aliphatic rings. The molecule has 1 aromatic heterocycles. The summed E-state index contributed by atoms with van der Waals surface area (Å²) in [5.74, 6) is 0.0864. The summed E-state index contributed by atoms with van der Waals surface area (Å²) in [7, 11) is 0. The van der Waals surface area contributed by atoms with Crippen LogP contribution in [0.1, 0.15) is 50.5 Å². The highest BCUT2D eigenvalue weighted by Gasteiger charge is 2.12. The minimum atomic E-state index is 0.0864. The fourth-order valence-corrected chi connectivity index (χ4v) is 2.72. The second-order valence-corrected chi connectivity index (χ2v) is 5.70. The van der Waals surface area contributed by atoms with Gasteiger partial charge in [0.1, 0.15) is 0 Å². The van der Waals surface area contributed by atoms with Gasteiger partial charge in [-0.15, -0.1) is 0 Å². The Morgan fingerprint density at radius 2 is 2.10 bits per heavy atom. The number of pyridine rings is 1. The van der Waals surface area contributed by atoms with Gasteiger partial charge in [-0.25, -0.2) is 0 Å². The average Bonchev–Trinajstić information content (AvgIpc) is 2.79. The van der Waals surface area contributed by atoms with Gasteiger partial charge in [0.05, 0.1) is 12.7 Å². The first-order valence-electron chi connectivity index (χ1n) is 8.12. The molecular formula is C17H26N2O2. The topological polar surface area (TPSA) is 51.2 Å². The maximum atomic E-state index is 11.7. The van der Waals surface area contributed by atoms with Crippen molar-refractivity contribution in [2.75, 3.05) is 13.2 Å². The summed E-state index contributed by atoms with van der Waals surface area (Å²) < 4.78 is 5.85. The molecule has 0 saturated heterocycles. The Labute approximate surface area is 127 Å². The summed E-state index contributed by atoms with van der Waals surface area (Å²) in [6, 6.07) is 3.89. The summed E-state index contributed by atoms with van der Waals surface area (Å²) >= 11 is 0. The number of rotatable bonds is 7. The molecule has 116 valence electrons. The standard InChI is InChI=1S/C17H26N2O2/c20-17(10-9-15-6-5-11-18-14-15)19-12-13-21-16-7-3-1-2-4-8-16/h5-6,11,14,16H,1-4,7-10,12-13H2,(H,19,20). The van der Waals surface area contributed by atoms with Crippen molar-refractivity contribution in [1.82, 2.24) is 10.3 Å². The van der Waals surface area contributed by atoms with E-state index in [9.17, 15) is 4.79 Å². The molecule has 1 saturated carbocycles. The zero-order valence-electron chi connectivity index (χ0n) is 12.7. The summed E-state index contributed by atoms with van der Waals surface area (Å²) in [4.78, 5) is 15.8. The Hall–Kier alpha value is -1.42. The van der Waals surface area contributed by atoms with Crippen molar-refractivity contribution in [1.29, 1.82) is 0 Å². The maximum absolute atomic E-state index is 11.7. The van der Waals surface area contributed by atoms with Gasteiger partial charge in [-0.2, -0.15) is 0 Å². The zero-order valence-corrected chi connectivity index (χ0v) is 12.7. The minimum absolute atomic E-state index is 0.0864. The Morgan fingerprint density at radius 1 is 1.29 bits per heavy atom. The molecule has 1 aliphatic carbocycles. The zero-order chi connectivity index (χ0) is 14.8. The van der Waals surface area contributed by atoms with Crippen molar-refractivity contribution in [2.24, 2.45) is 0 Å². The lowest BCUT2D eigenvalue weighted by Crippen LogP contribution is -2.29. The number of nitrogens with one attached hydrogen (secondary N) is 1. The second-order valence-electron chi connectivity index (χ2n) is 5.70. The van der Waals surface area contributed by atoms with E-state index in [0.29, 0.717) is 25.7 Å². The fourth-order valence-electron chi connectivity index (χ4n) is 2.72. The largest absolute Gasteiger partial charge is 0.376 e. The van der Waals surface area contributed by atoms with Crippen LogP contribution in [0.4, 0.5) is 0 Å². The van der Waals surface area contributed by atoms with Crippen LogP contribution >= 0.6 is 0 Å². The first-order chi connectivity index (χ1) is 10.3. The van der Waals surface area contributed by atoms with Crippen molar-refractivity contribution in [3.05, 3.63) is 30.1 Å². The van der Waals surface area contributed by atoms with Gasteiger partial charge in [-0.1, -0.05) is 31.7 Å². The molecule has 1 aromatic rings. The summed E-state index contributed by atoms with van der Waals surface area (Å²) in [6.45, 7) is 1.24. The number of aryl methyl sites for hydroxylation is 1.